The van der Waals surface area contributed by atoms with E-state index in [0.29, 0.717) is 12.1 Å². The number of carbonyl (C=O) groups excluding carboxylic acids is 1. The van der Waals surface area contributed by atoms with Gasteiger partial charge in [0.15, 0.2) is 0 Å². The third kappa shape index (κ3) is 3.97. The SMILES string of the molecule is COC(=O)C(CO)NS(=O)(=O)c1cc(C(=O)O)ccc1F. The minimum absolute atomic E-state index is 0.449. The van der Waals surface area contributed by atoms with Gasteiger partial charge in [-0.1, -0.05) is 0 Å². The summed E-state index contributed by atoms with van der Waals surface area (Å²) in [6.07, 6.45) is 0. The fourth-order valence-corrected chi connectivity index (χ4v) is 2.67. The van der Waals surface area contributed by atoms with Crippen molar-refractivity contribution in [2.75, 3.05) is 13.7 Å². The molecular formula is C11H12FNO7S. The van der Waals surface area contributed by atoms with Crippen molar-refractivity contribution >= 4 is 22.0 Å². The predicted octanol–water partition coefficient (Wildman–Crippen LogP) is -0.664. The van der Waals surface area contributed by atoms with E-state index in [1.165, 1.54) is 0 Å². The van der Waals surface area contributed by atoms with Gasteiger partial charge >= 0.3 is 11.9 Å². The quantitative estimate of drug-likeness (QED) is 0.593. The van der Waals surface area contributed by atoms with Crippen LogP contribution in [0.15, 0.2) is 23.1 Å². The highest BCUT2D eigenvalue weighted by atomic mass is 32.2. The van der Waals surface area contributed by atoms with E-state index >= 15 is 0 Å². The zero-order chi connectivity index (χ0) is 16.2. The molecule has 10 heteroatoms. The maximum Gasteiger partial charge on any atom is 0.335 e. The van der Waals surface area contributed by atoms with Gasteiger partial charge in [-0.2, -0.15) is 4.72 Å². The number of aliphatic hydroxyl groups excluding tert-OH is 1. The average molecular weight is 321 g/mol. The molecule has 0 radical (unpaired) electrons. The third-order valence-electron chi connectivity index (χ3n) is 2.43. The van der Waals surface area contributed by atoms with Crippen molar-refractivity contribution in [2.45, 2.75) is 10.9 Å². The first-order valence-electron chi connectivity index (χ1n) is 5.46. The molecule has 0 spiro atoms. The Morgan fingerprint density at radius 2 is 2.05 bits per heavy atom. The van der Waals surface area contributed by atoms with Crippen molar-refractivity contribution in [3.05, 3.63) is 29.6 Å². The molecule has 1 aromatic carbocycles. The van der Waals surface area contributed by atoms with Crippen LogP contribution in [-0.2, 0) is 19.6 Å². The number of aromatic carboxylic acids is 1. The summed E-state index contributed by atoms with van der Waals surface area (Å²) in [5.41, 5.74) is -0.449. The number of ether oxygens (including phenoxy) is 1. The Morgan fingerprint density at radius 1 is 1.43 bits per heavy atom. The Kier molecular flexibility index (Phi) is 5.35. The second-order valence-corrected chi connectivity index (χ2v) is 5.51. The molecule has 0 aliphatic rings. The molecule has 0 aromatic heterocycles. The molecule has 0 saturated carbocycles. The van der Waals surface area contributed by atoms with Crippen molar-refractivity contribution in [1.29, 1.82) is 0 Å². The van der Waals surface area contributed by atoms with Gasteiger partial charge < -0.3 is 14.9 Å². The van der Waals surface area contributed by atoms with Gasteiger partial charge in [-0.05, 0) is 18.2 Å². The molecular weight excluding hydrogens is 309 g/mol. The van der Waals surface area contributed by atoms with Crippen LogP contribution in [-0.4, -0.2) is 50.3 Å². The van der Waals surface area contributed by atoms with E-state index in [9.17, 15) is 22.4 Å². The molecule has 0 amide bonds. The summed E-state index contributed by atoms with van der Waals surface area (Å²) >= 11 is 0. The first kappa shape index (κ1) is 17.0. The van der Waals surface area contributed by atoms with Gasteiger partial charge in [0.25, 0.3) is 0 Å². The first-order chi connectivity index (χ1) is 9.72. The molecule has 1 unspecified atom stereocenters. The number of benzene rings is 1. The predicted molar refractivity (Wildman–Crippen MR) is 66.6 cm³/mol. The molecule has 0 heterocycles. The number of aliphatic hydroxyl groups is 1. The van der Waals surface area contributed by atoms with E-state index in [2.05, 4.69) is 4.74 Å². The number of carbonyl (C=O) groups is 2. The summed E-state index contributed by atoms with van der Waals surface area (Å²) in [5, 5.41) is 17.7. The van der Waals surface area contributed by atoms with E-state index < -0.39 is 50.9 Å². The number of carboxylic acids is 1. The van der Waals surface area contributed by atoms with Crippen LogP contribution in [0.4, 0.5) is 4.39 Å². The molecule has 8 nitrogen and oxygen atoms in total. The Balaban J connectivity index is 3.21. The third-order valence-corrected chi connectivity index (χ3v) is 3.92. The molecule has 1 aromatic rings. The van der Waals surface area contributed by atoms with Crippen molar-refractivity contribution < 1.29 is 37.3 Å². The molecule has 1 atom stereocenters. The molecule has 3 N–H and O–H groups in total. The van der Waals surface area contributed by atoms with Crippen LogP contribution in [0, 0.1) is 5.82 Å². The number of sulfonamides is 1. The summed E-state index contributed by atoms with van der Waals surface area (Å²) in [6, 6.07) is 0.531. The summed E-state index contributed by atoms with van der Waals surface area (Å²) < 4.78 is 43.5. The highest BCUT2D eigenvalue weighted by Crippen LogP contribution is 2.17. The number of carboxylic acid groups (broad SMARTS) is 1. The highest BCUT2D eigenvalue weighted by Gasteiger charge is 2.28. The van der Waals surface area contributed by atoms with E-state index in [1.807, 2.05) is 0 Å². The Morgan fingerprint density at radius 3 is 2.52 bits per heavy atom. The van der Waals surface area contributed by atoms with Gasteiger partial charge in [-0.3, -0.25) is 4.79 Å². The zero-order valence-corrected chi connectivity index (χ0v) is 11.6. The lowest BCUT2D eigenvalue weighted by atomic mass is 10.2. The zero-order valence-electron chi connectivity index (χ0n) is 10.7. The van der Waals surface area contributed by atoms with Crippen LogP contribution >= 0.6 is 0 Å². The van der Waals surface area contributed by atoms with Gasteiger partial charge in [-0.15, -0.1) is 0 Å². The van der Waals surface area contributed by atoms with E-state index in [1.54, 1.807) is 4.72 Å². The van der Waals surface area contributed by atoms with Crippen LogP contribution in [0.5, 0.6) is 0 Å². The van der Waals surface area contributed by atoms with Crippen LogP contribution in [0.3, 0.4) is 0 Å². The number of hydrogen-bond donors (Lipinski definition) is 3. The van der Waals surface area contributed by atoms with Gasteiger partial charge in [0.2, 0.25) is 10.0 Å². The molecule has 0 aliphatic heterocycles. The maximum atomic E-state index is 13.6. The van der Waals surface area contributed by atoms with Crippen LogP contribution in [0.25, 0.3) is 0 Å². The number of esters is 1. The smallest absolute Gasteiger partial charge is 0.335 e. The normalized spacial score (nSPS) is 12.7. The fourth-order valence-electron chi connectivity index (χ4n) is 1.40. The standard InChI is InChI=1S/C11H12FNO7S/c1-20-11(17)8(5-14)13-21(18,19)9-4-6(10(15)16)2-3-7(9)12/h2-4,8,13-14H,5H2,1H3,(H,15,16). The van der Waals surface area contributed by atoms with E-state index in [0.717, 1.165) is 13.2 Å². The fraction of sp³-hybridized carbons (Fsp3) is 0.273. The summed E-state index contributed by atoms with van der Waals surface area (Å²) in [4.78, 5) is 21.0. The second-order valence-electron chi connectivity index (χ2n) is 3.83. The first-order valence-corrected chi connectivity index (χ1v) is 6.95. The van der Waals surface area contributed by atoms with Gasteiger partial charge in [0, 0.05) is 0 Å². The van der Waals surface area contributed by atoms with Crippen LogP contribution in [0.2, 0.25) is 0 Å². The lowest BCUT2D eigenvalue weighted by Gasteiger charge is -2.14. The molecule has 116 valence electrons. The van der Waals surface area contributed by atoms with Crippen molar-refractivity contribution in [2.24, 2.45) is 0 Å². The van der Waals surface area contributed by atoms with E-state index in [4.69, 9.17) is 10.2 Å². The van der Waals surface area contributed by atoms with Crippen LogP contribution in [0.1, 0.15) is 10.4 Å². The van der Waals surface area contributed by atoms with Crippen molar-refractivity contribution in [3.63, 3.8) is 0 Å². The lowest BCUT2D eigenvalue weighted by molar-refractivity contribution is -0.143. The van der Waals surface area contributed by atoms with Gasteiger partial charge in [0.1, 0.15) is 16.8 Å². The summed E-state index contributed by atoms with van der Waals surface area (Å²) in [7, 11) is -3.59. The molecule has 1 rings (SSSR count). The van der Waals surface area contributed by atoms with Crippen LogP contribution < -0.4 is 4.72 Å². The average Bonchev–Trinajstić information content (AvgIpc) is 2.43. The minimum atomic E-state index is -4.56. The Bertz CT molecular complexity index is 659. The minimum Gasteiger partial charge on any atom is -0.478 e. The second kappa shape index (κ2) is 6.61. The summed E-state index contributed by atoms with van der Waals surface area (Å²) in [6.45, 7) is -0.911. The number of halogens is 1. The molecule has 0 bridgehead atoms. The molecule has 0 fully saturated rings. The van der Waals surface area contributed by atoms with E-state index in [-0.39, 0.29) is 0 Å². The van der Waals surface area contributed by atoms with Crippen molar-refractivity contribution in [3.8, 4) is 0 Å². The van der Waals surface area contributed by atoms with Gasteiger partial charge in [0.05, 0.1) is 19.3 Å². The number of methoxy groups -OCH3 is 1. The number of nitrogens with one attached hydrogen (secondary N) is 1. The molecule has 0 aliphatic carbocycles. The molecule has 0 saturated heterocycles. The van der Waals surface area contributed by atoms with Gasteiger partial charge in [-0.25, -0.2) is 17.6 Å². The summed E-state index contributed by atoms with van der Waals surface area (Å²) in [5.74, 6) is -3.72. The Labute approximate surface area is 119 Å². The lowest BCUT2D eigenvalue weighted by Crippen LogP contribution is -2.44. The largest absolute Gasteiger partial charge is 0.478 e. The maximum absolute atomic E-state index is 13.6. The highest BCUT2D eigenvalue weighted by molar-refractivity contribution is 7.89. The van der Waals surface area contributed by atoms with Crippen molar-refractivity contribution in [1.82, 2.24) is 4.72 Å². The topological polar surface area (TPSA) is 130 Å². The number of hydrogen-bond acceptors (Lipinski definition) is 6. The number of rotatable bonds is 6. The molecule has 21 heavy (non-hydrogen) atoms. The Hall–Kier alpha value is -2.04. The monoisotopic (exact) mass is 321 g/mol.